The van der Waals surface area contributed by atoms with Gasteiger partial charge in [0.2, 0.25) is 0 Å². The van der Waals surface area contributed by atoms with Crippen LogP contribution in [0.25, 0.3) is 21.9 Å². The molecular weight excluding hydrogens is 804 g/mol. The number of hydrogen-bond acceptors (Lipinski definition) is 9. The van der Waals surface area contributed by atoms with Gasteiger partial charge in [0.05, 0.1) is 50.1 Å². The average Bonchev–Trinajstić information content (AvgIpc) is 3.23. The van der Waals surface area contributed by atoms with Crippen LogP contribution in [0.1, 0.15) is 93.2 Å². The number of rotatable bonds is 10. The van der Waals surface area contributed by atoms with Gasteiger partial charge in [-0.3, -0.25) is 0 Å². The lowest BCUT2D eigenvalue weighted by Gasteiger charge is -2.03. The van der Waals surface area contributed by atoms with E-state index in [0.29, 0.717) is 10.8 Å². The van der Waals surface area contributed by atoms with E-state index in [-0.39, 0.29) is 50.1 Å². The summed E-state index contributed by atoms with van der Waals surface area (Å²) in [5, 5.41) is 79.4. The van der Waals surface area contributed by atoms with E-state index < -0.39 is 53.7 Å². The minimum atomic E-state index is -1.37. The maximum absolute atomic E-state index is 10.7. The predicted octanol–water partition coefficient (Wildman–Crippen LogP) is 6.85. The Bertz CT molecular complexity index is 2460. The minimum absolute atomic E-state index is 0.0186. The highest BCUT2D eigenvalue weighted by atomic mass is 16.4. The van der Waals surface area contributed by atoms with Crippen molar-refractivity contribution in [3.63, 3.8) is 0 Å². The fraction of sp³-hybridized carbons (Fsp3) is 0. The average molecular weight is 835 g/mol. The van der Waals surface area contributed by atoms with Crippen LogP contribution >= 0.6 is 0 Å². The monoisotopic (exact) mass is 834 g/mol. The first kappa shape index (κ1) is 46.2. The number of hydrogen-bond donors (Lipinski definition) is 9. The van der Waals surface area contributed by atoms with Crippen molar-refractivity contribution in [1.29, 1.82) is 0 Å². The second kappa shape index (κ2) is 20.8. The second-order valence-electron chi connectivity index (χ2n) is 12.1. The van der Waals surface area contributed by atoms with E-state index in [1.807, 2.05) is 0 Å². The van der Waals surface area contributed by atoms with Gasteiger partial charge in [0.25, 0.3) is 0 Å². The Balaban J connectivity index is 0.000000219. The zero-order valence-corrected chi connectivity index (χ0v) is 30.8. The maximum atomic E-state index is 10.7. The normalized spacial score (nSPS) is 9.84. The third-order valence-corrected chi connectivity index (χ3v) is 7.96. The molecule has 0 amide bonds. The van der Waals surface area contributed by atoms with E-state index in [2.05, 4.69) is 0 Å². The SMILES string of the molecule is O=C(O)c1cc(C(=O)O)cc(C(=O)O)c1.O=C(O)c1ccc(-c2ccc(C(=O)O)cc2)cc1.O=C(O)c1ccc2cc(C(=O)O)ccc2c1.O=C(O)c1cccc(C(=O)O)c1. The molecule has 0 aromatic heterocycles. The Morgan fingerprint density at radius 3 is 0.689 bits per heavy atom. The van der Waals surface area contributed by atoms with Crippen LogP contribution < -0.4 is 0 Å². The smallest absolute Gasteiger partial charge is 0.335 e. The van der Waals surface area contributed by atoms with E-state index in [4.69, 9.17) is 46.0 Å². The molecule has 0 aliphatic heterocycles. The zero-order chi connectivity index (χ0) is 45.6. The molecule has 0 saturated heterocycles. The number of fused-ring (bicyclic) bond motifs is 1. The van der Waals surface area contributed by atoms with E-state index in [1.54, 1.807) is 36.4 Å². The van der Waals surface area contributed by atoms with Gasteiger partial charge in [-0.15, -0.1) is 0 Å². The Morgan fingerprint density at radius 1 is 0.230 bits per heavy atom. The molecule has 310 valence electrons. The molecule has 0 aliphatic carbocycles. The van der Waals surface area contributed by atoms with Gasteiger partial charge in [0.15, 0.2) is 0 Å². The van der Waals surface area contributed by atoms with Crippen molar-refractivity contribution in [2.75, 3.05) is 0 Å². The van der Waals surface area contributed by atoms with Gasteiger partial charge >= 0.3 is 53.7 Å². The molecule has 0 unspecified atom stereocenters. The zero-order valence-electron chi connectivity index (χ0n) is 30.8. The standard InChI is InChI=1S/C14H10O4.C12H8O4.C9H6O6.C8H6O4/c15-13(16)11-5-1-9(2-6-11)10-3-7-12(8-4-10)14(17)18;13-11(14)9-3-1-7-5-10(12(15)16)4-2-8(7)6-9;10-7(11)4-1-5(8(12)13)3-6(2-4)9(14)15;9-7(10)5-2-1-3-6(4-5)8(11)12/h1-8H,(H,15,16)(H,17,18);1-6H,(H,13,14)(H,15,16);1-3H,(H,10,11)(H,12,13)(H,14,15);1-4H,(H,9,10)(H,11,12). The third kappa shape index (κ3) is 13.5. The molecule has 0 fully saturated rings. The molecule has 6 aromatic carbocycles. The molecule has 0 spiro atoms. The quantitative estimate of drug-likeness (QED) is 0.0681. The Kier molecular flexibility index (Phi) is 15.8. The predicted molar refractivity (Wildman–Crippen MR) is 211 cm³/mol. The summed E-state index contributed by atoms with van der Waals surface area (Å²) in [6.07, 6.45) is 0. The molecule has 0 bridgehead atoms. The van der Waals surface area contributed by atoms with Gasteiger partial charge in [-0.05, 0) is 107 Å². The summed E-state index contributed by atoms with van der Waals surface area (Å²) in [7, 11) is 0. The number of carboxylic acids is 9. The molecule has 0 radical (unpaired) electrons. The van der Waals surface area contributed by atoms with Crippen LogP contribution in [-0.2, 0) is 0 Å². The second-order valence-corrected chi connectivity index (χ2v) is 12.1. The Labute approximate surface area is 341 Å². The molecular formula is C43H30O18. The van der Waals surface area contributed by atoms with Gasteiger partial charge in [-0.25, -0.2) is 43.2 Å². The lowest BCUT2D eigenvalue weighted by Crippen LogP contribution is -2.07. The maximum Gasteiger partial charge on any atom is 0.335 e. The van der Waals surface area contributed by atoms with Gasteiger partial charge in [0, 0.05) is 0 Å². The number of aromatic carboxylic acids is 9. The summed E-state index contributed by atoms with van der Waals surface area (Å²) in [5.74, 6) is -10.3. The highest BCUT2D eigenvalue weighted by Gasteiger charge is 2.15. The molecule has 9 N–H and O–H groups in total. The molecule has 6 aromatic rings. The van der Waals surface area contributed by atoms with Crippen molar-refractivity contribution in [3.05, 3.63) is 177 Å². The summed E-state index contributed by atoms with van der Waals surface area (Å²) in [6.45, 7) is 0. The lowest BCUT2D eigenvalue weighted by molar-refractivity contribution is 0.0670. The van der Waals surface area contributed by atoms with Crippen molar-refractivity contribution < 1.29 is 89.1 Å². The first-order valence-electron chi connectivity index (χ1n) is 16.8. The van der Waals surface area contributed by atoms with Crippen LogP contribution in [0.5, 0.6) is 0 Å². The van der Waals surface area contributed by atoms with Crippen molar-refractivity contribution in [3.8, 4) is 11.1 Å². The van der Waals surface area contributed by atoms with Gasteiger partial charge in [0.1, 0.15) is 0 Å². The van der Waals surface area contributed by atoms with Crippen LogP contribution in [-0.4, -0.2) is 99.7 Å². The highest BCUT2D eigenvalue weighted by Crippen LogP contribution is 2.21. The fourth-order valence-electron chi connectivity index (χ4n) is 4.91. The van der Waals surface area contributed by atoms with Crippen LogP contribution in [0.2, 0.25) is 0 Å². The molecule has 0 aliphatic rings. The lowest BCUT2D eigenvalue weighted by atomic mass is 10.0. The largest absolute Gasteiger partial charge is 0.478 e. The first-order valence-corrected chi connectivity index (χ1v) is 16.8. The Hall–Kier alpha value is -9.19. The highest BCUT2D eigenvalue weighted by molar-refractivity contribution is 6.00. The molecule has 0 atom stereocenters. The van der Waals surface area contributed by atoms with E-state index >= 15 is 0 Å². The Morgan fingerprint density at radius 2 is 0.443 bits per heavy atom. The van der Waals surface area contributed by atoms with Crippen molar-refractivity contribution in [2.24, 2.45) is 0 Å². The summed E-state index contributed by atoms with van der Waals surface area (Å²) >= 11 is 0. The molecule has 61 heavy (non-hydrogen) atoms. The van der Waals surface area contributed by atoms with Crippen LogP contribution in [0, 0.1) is 0 Å². The van der Waals surface area contributed by atoms with Crippen molar-refractivity contribution in [1.82, 2.24) is 0 Å². The summed E-state index contributed by atoms with van der Waals surface area (Å²) in [4.78, 5) is 95.3. The van der Waals surface area contributed by atoms with Crippen LogP contribution in [0.4, 0.5) is 0 Å². The molecule has 6 rings (SSSR count). The van der Waals surface area contributed by atoms with Gasteiger partial charge in [-0.1, -0.05) is 42.5 Å². The molecule has 18 nitrogen and oxygen atoms in total. The van der Waals surface area contributed by atoms with Crippen molar-refractivity contribution in [2.45, 2.75) is 0 Å². The fourth-order valence-corrected chi connectivity index (χ4v) is 4.91. The van der Waals surface area contributed by atoms with E-state index in [1.165, 1.54) is 66.7 Å². The van der Waals surface area contributed by atoms with Crippen LogP contribution in [0.15, 0.2) is 127 Å². The van der Waals surface area contributed by atoms with Gasteiger partial charge < -0.3 is 46.0 Å². The molecule has 0 heterocycles. The summed E-state index contributed by atoms with van der Waals surface area (Å²) < 4.78 is 0. The van der Waals surface area contributed by atoms with E-state index in [0.717, 1.165) is 35.4 Å². The third-order valence-electron chi connectivity index (χ3n) is 7.96. The molecule has 18 heteroatoms. The van der Waals surface area contributed by atoms with Gasteiger partial charge in [-0.2, -0.15) is 0 Å². The summed E-state index contributed by atoms with van der Waals surface area (Å²) in [6, 6.07) is 29.9. The van der Waals surface area contributed by atoms with E-state index in [9.17, 15) is 43.2 Å². The molecule has 0 saturated carbocycles. The first-order chi connectivity index (χ1) is 28.7. The number of benzene rings is 6. The minimum Gasteiger partial charge on any atom is -0.478 e. The summed E-state index contributed by atoms with van der Waals surface area (Å²) in [5.41, 5.74) is 1.37. The number of carboxylic acid groups (broad SMARTS) is 9. The van der Waals surface area contributed by atoms with Crippen LogP contribution in [0.3, 0.4) is 0 Å². The number of carbonyl (C=O) groups is 9. The van der Waals surface area contributed by atoms with Crippen molar-refractivity contribution >= 4 is 64.5 Å². The topological polar surface area (TPSA) is 336 Å².